The highest BCUT2D eigenvalue weighted by Gasteiger charge is 2.12. The van der Waals surface area contributed by atoms with E-state index in [0.29, 0.717) is 40.1 Å². The number of rotatable bonds is 9. The predicted octanol–water partition coefficient (Wildman–Crippen LogP) is 6.26. The van der Waals surface area contributed by atoms with Crippen molar-refractivity contribution in [3.05, 3.63) is 88.5 Å². The van der Waals surface area contributed by atoms with Gasteiger partial charge in [0.2, 0.25) is 0 Å². The molecular formula is C27H25ClN2O4. The monoisotopic (exact) mass is 476 g/mol. The molecule has 0 spiro atoms. The number of nitriles is 1. The van der Waals surface area contributed by atoms with Crippen LogP contribution in [0.3, 0.4) is 0 Å². The van der Waals surface area contributed by atoms with E-state index in [1.54, 1.807) is 42.5 Å². The van der Waals surface area contributed by atoms with Crippen molar-refractivity contribution in [2.75, 3.05) is 12.4 Å². The molecule has 3 aromatic carbocycles. The summed E-state index contributed by atoms with van der Waals surface area (Å²) in [6, 6.07) is 21.5. The first kappa shape index (κ1) is 24.7. The zero-order chi connectivity index (χ0) is 24.5. The van der Waals surface area contributed by atoms with Gasteiger partial charge in [-0.15, -0.1) is 0 Å². The lowest BCUT2D eigenvalue weighted by Crippen LogP contribution is -2.13. The van der Waals surface area contributed by atoms with Crippen LogP contribution in [0.15, 0.2) is 72.3 Å². The van der Waals surface area contributed by atoms with E-state index in [9.17, 15) is 10.1 Å². The first-order valence-corrected chi connectivity index (χ1v) is 11.0. The Hall–Kier alpha value is -3.95. The highest BCUT2D eigenvalue weighted by Crippen LogP contribution is 2.30. The summed E-state index contributed by atoms with van der Waals surface area (Å²) in [4.78, 5) is 12.6. The number of halogens is 1. The summed E-state index contributed by atoms with van der Waals surface area (Å²) >= 11 is 5.89. The first-order valence-electron chi connectivity index (χ1n) is 10.6. The lowest BCUT2D eigenvalue weighted by molar-refractivity contribution is -0.112. The summed E-state index contributed by atoms with van der Waals surface area (Å²) in [7, 11) is 1.54. The number of nitrogens with one attached hydrogen (secondary N) is 1. The second-order valence-corrected chi connectivity index (χ2v) is 8.08. The van der Waals surface area contributed by atoms with Gasteiger partial charge in [-0.3, -0.25) is 4.79 Å². The van der Waals surface area contributed by atoms with Crippen LogP contribution in [0.2, 0.25) is 5.02 Å². The first-order chi connectivity index (χ1) is 16.4. The average molecular weight is 477 g/mol. The molecule has 1 N–H and O–H groups in total. The number of hydrogen-bond acceptors (Lipinski definition) is 5. The minimum Gasteiger partial charge on any atom is -0.493 e. The van der Waals surface area contributed by atoms with E-state index in [-0.39, 0.29) is 11.7 Å². The van der Waals surface area contributed by atoms with Crippen LogP contribution >= 0.6 is 11.6 Å². The summed E-state index contributed by atoms with van der Waals surface area (Å²) in [5.74, 6) is 1.25. The molecule has 0 radical (unpaired) electrons. The fourth-order valence-corrected chi connectivity index (χ4v) is 3.15. The average Bonchev–Trinajstić information content (AvgIpc) is 2.83. The zero-order valence-electron chi connectivity index (χ0n) is 19.2. The van der Waals surface area contributed by atoms with Crippen LogP contribution in [0.5, 0.6) is 17.2 Å². The van der Waals surface area contributed by atoms with Gasteiger partial charge in [-0.05, 0) is 79.6 Å². The number of carbonyl (C=O) groups is 1. The van der Waals surface area contributed by atoms with E-state index >= 15 is 0 Å². The van der Waals surface area contributed by atoms with Crippen LogP contribution in [-0.4, -0.2) is 19.1 Å². The number of methoxy groups -OCH3 is 1. The number of ether oxygens (including phenoxy) is 3. The largest absolute Gasteiger partial charge is 0.493 e. The molecule has 174 valence electrons. The van der Waals surface area contributed by atoms with Crippen molar-refractivity contribution in [2.45, 2.75) is 26.6 Å². The highest BCUT2D eigenvalue weighted by atomic mass is 35.5. The van der Waals surface area contributed by atoms with Crippen LogP contribution in [0.1, 0.15) is 25.0 Å². The third-order valence-electron chi connectivity index (χ3n) is 4.66. The third-order valence-corrected chi connectivity index (χ3v) is 4.91. The quantitative estimate of drug-likeness (QED) is 0.291. The van der Waals surface area contributed by atoms with E-state index < -0.39 is 5.91 Å². The number of nitrogens with zero attached hydrogens (tertiary/aromatic N) is 1. The lowest BCUT2D eigenvalue weighted by Gasteiger charge is -2.14. The molecular weight excluding hydrogens is 452 g/mol. The Morgan fingerprint density at radius 3 is 2.38 bits per heavy atom. The van der Waals surface area contributed by atoms with Crippen molar-refractivity contribution in [1.82, 2.24) is 0 Å². The molecule has 0 bridgehead atoms. The summed E-state index contributed by atoms with van der Waals surface area (Å²) in [6.45, 7) is 4.24. The number of anilines is 1. The fraction of sp³-hybridized carbons (Fsp3) is 0.185. The normalized spacial score (nSPS) is 11.0. The Morgan fingerprint density at radius 2 is 1.76 bits per heavy atom. The second kappa shape index (κ2) is 11.8. The van der Waals surface area contributed by atoms with Gasteiger partial charge in [-0.25, -0.2) is 0 Å². The van der Waals surface area contributed by atoms with Crippen molar-refractivity contribution < 1.29 is 19.0 Å². The molecule has 0 unspecified atom stereocenters. The van der Waals surface area contributed by atoms with Gasteiger partial charge < -0.3 is 19.5 Å². The summed E-state index contributed by atoms with van der Waals surface area (Å²) in [6.07, 6.45) is 1.49. The standard InChI is InChI=1S/C27H25ClN2O4/c1-18(2)34-25-13-6-20(15-26(25)32-3)14-21(16-29)27(31)30-23-9-11-24(12-10-23)33-17-19-4-7-22(28)8-5-19/h4-15,18H,17H2,1-3H3,(H,30,31)/b21-14+. The maximum Gasteiger partial charge on any atom is 0.266 e. The summed E-state index contributed by atoms with van der Waals surface area (Å²) < 4.78 is 16.8. The minimum absolute atomic E-state index is 0.00929. The maximum atomic E-state index is 12.6. The molecule has 0 aliphatic rings. The van der Waals surface area contributed by atoms with Crippen molar-refractivity contribution in [1.29, 1.82) is 5.26 Å². The van der Waals surface area contributed by atoms with Gasteiger partial charge in [0.25, 0.3) is 5.91 Å². The van der Waals surface area contributed by atoms with Gasteiger partial charge >= 0.3 is 0 Å². The Balaban J connectivity index is 1.64. The maximum absolute atomic E-state index is 12.6. The van der Waals surface area contributed by atoms with E-state index in [4.69, 9.17) is 25.8 Å². The molecule has 0 aromatic heterocycles. The van der Waals surface area contributed by atoms with Crippen LogP contribution in [-0.2, 0) is 11.4 Å². The Kier molecular flexibility index (Phi) is 8.55. The van der Waals surface area contributed by atoms with Crippen molar-refractivity contribution >= 4 is 29.3 Å². The molecule has 0 heterocycles. The number of benzene rings is 3. The molecule has 0 aliphatic heterocycles. The van der Waals surface area contributed by atoms with Crippen LogP contribution in [0.25, 0.3) is 6.08 Å². The highest BCUT2D eigenvalue weighted by molar-refractivity contribution is 6.30. The lowest BCUT2D eigenvalue weighted by atomic mass is 10.1. The molecule has 0 saturated carbocycles. The van der Waals surface area contributed by atoms with E-state index in [0.717, 1.165) is 5.56 Å². The predicted molar refractivity (Wildman–Crippen MR) is 133 cm³/mol. The van der Waals surface area contributed by atoms with Gasteiger partial charge in [0.15, 0.2) is 11.5 Å². The molecule has 6 nitrogen and oxygen atoms in total. The molecule has 0 fully saturated rings. The zero-order valence-corrected chi connectivity index (χ0v) is 19.9. The summed E-state index contributed by atoms with van der Waals surface area (Å²) in [5.41, 5.74) is 2.14. The molecule has 7 heteroatoms. The van der Waals surface area contributed by atoms with Crippen molar-refractivity contribution in [3.63, 3.8) is 0 Å². The minimum atomic E-state index is -0.515. The molecule has 0 atom stereocenters. The topological polar surface area (TPSA) is 80.6 Å². The molecule has 0 aliphatic carbocycles. The van der Waals surface area contributed by atoms with Gasteiger partial charge in [0.1, 0.15) is 24.0 Å². The van der Waals surface area contributed by atoms with Gasteiger partial charge in [-0.2, -0.15) is 5.26 Å². The van der Waals surface area contributed by atoms with Crippen molar-refractivity contribution in [3.8, 4) is 23.3 Å². The van der Waals surface area contributed by atoms with E-state index in [1.807, 2.05) is 44.2 Å². The number of carbonyl (C=O) groups excluding carboxylic acids is 1. The summed E-state index contributed by atoms with van der Waals surface area (Å²) in [5, 5.41) is 12.9. The fourth-order valence-electron chi connectivity index (χ4n) is 3.02. The van der Waals surface area contributed by atoms with Crippen LogP contribution in [0, 0.1) is 11.3 Å². The Morgan fingerprint density at radius 1 is 1.06 bits per heavy atom. The Bertz CT molecular complexity index is 1200. The van der Waals surface area contributed by atoms with Crippen molar-refractivity contribution in [2.24, 2.45) is 0 Å². The third kappa shape index (κ3) is 7.03. The van der Waals surface area contributed by atoms with E-state index in [2.05, 4.69) is 5.32 Å². The van der Waals surface area contributed by atoms with Gasteiger partial charge in [0, 0.05) is 10.7 Å². The van der Waals surface area contributed by atoms with Gasteiger partial charge in [0.05, 0.1) is 13.2 Å². The molecule has 0 saturated heterocycles. The molecule has 3 aromatic rings. The van der Waals surface area contributed by atoms with Crippen LogP contribution < -0.4 is 19.5 Å². The molecule has 3 rings (SSSR count). The number of hydrogen-bond donors (Lipinski definition) is 1. The molecule has 1 amide bonds. The van der Waals surface area contributed by atoms with E-state index in [1.165, 1.54) is 13.2 Å². The SMILES string of the molecule is COc1cc(/C=C(\C#N)C(=O)Nc2ccc(OCc3ccc(Cl)cc3)cc2)ccc1OC(C)C. The number of amides is 1. The smallest absolute Gasteiger partial charge is 0.266 e. The van der Waals surface area contributed by atoms with Crippen LogP contribution in [0.4, 0.5) is 5.69 Å². The van der Waals surface area contributed by atoms with Gasteiger partial charge in [-0.1, -0.05) is 29.8 Å². The molecule has 34 heavy (non-hydrogen) atoms. The second-order valence-electron chi connectivity index (χ2n) is 7.64. The Labute approximate surface area is 204 Å².